The highest BCUT2D eigenvalue weighted by atomic mass is 16.5. The zero-order valence-electron chi connectivity index (χ0n) is 20.6. The first-order valence-corrected chi connectivity index (χ1v) is 11.4. The predicted molar refractivity (Wildman–Crippen MR) is 139 cm³/mol. The second kappa shape index (κ2) is 10.4. The average molecular weight is 432 g/mol. The van der Waals surface area contributed by atoms with Crippen LogP contribution in [0.4, 0.5) is 17.1 Å². The highest BCUT2D eigenvalue weighted by molar-refractivity contribution is 5.60. The number of rotatable bonds is 9. The Morgan fingerprint density at radius 1 is 0.656 bits per heavy atom. The van der Waals surface area contributed by atoms with E-state index in [-0.39, 0.29) is 5.92 Å². The maximum atomic E-state index is 5.93. The van der Waals surface area contributed by atoms with Crippen molar-refractivity contribution < 1.29 is 4.74 Å². The first kappa shape index (κ1) is 23.5. The molecule has 32 heavy (non-hydrogen) atoms. The lowest BCUT2D eigenvalue weighted by Crippen LogP contribution is -2.22. The fraction of sp³-hybridized carbons (Fsp3) is 0.357. The van der Waals surface area contributed by atoms with E-state index in [1.165, 1.54) is 33.8 Å². The van der Waals surface area contributed by atoms with E-state index < -0.39 is 0 Å². The third-order valence-corrected chi connectivity index (χ3v) is 6.14. The lowest BCUT2D eigenvalue weighted by Gasteiger charge is -2.26. The van der Waals surface area contributed by atoms with Crippen LogP contribution in [-0.4, -0.2) is 48.4 Å². The summed E-state index contributed by atoms with van der Waals surface area (Å²) in [6, 6.07) is 24.3. The van der Waals surface area contributed by atoms with Gasteiger partial charge in [-0.2, -0.15) is 0 Å². The zero-order valence-corrected chi connectivity index (χ0v) is 20.6. The molecule has 0 bridgehead atoms. The number of hydrogen-bond donors (Lipinski definition) is 0. The molecule has 0 radical (unpaired) electrons. The Bertz CT molecular complexity index is 939. The van der Waals surface area contributed by atoms with Crippen LogP contribution in [0.1, 0.15) is 36.5 Å². The van der Waals surface area contributed by atoms with E-state index in [1.807, 2.05) is 0 Å². The molecule has 0 N–H and O–H groups in total. The molecule has 0 atom stereocenters. The molecule has 3 rings (SSSR count). The number of hydrogen-bond acceptors (Lipinski definition) is 4. The summed E-state index contributed by atoms with van der Waals surface area (Å²) >= 11 is 0. The lowest BCUT2D eigenvalue weighted by atomic mass is 9.84. The maximum absolute atomic E-state index is 5.93. The minimum atomic E-state index is 0.0862. The Morgan fingerprint density at radius 2 is 1.09 bits per heavy atom. The lowest BCUT2D eigenvalue weighted by molar-refractivity contribution is 0.409. The van der Waals surface area contributed by atoms with Gasteiger partial charge in [0, 0.05) is 75.9 Å². The SMILES string of the molecule is CCN(CC)c1ccc(C(c2ccc(N(C)C)cc2)c2ccc(N(C)C)cc2)c(OC)c1. The van der Waals surface area contributed by atoms with Crippen LogP contribution >= 0.6 is 0 Å². The van der Waals surface area contributed by atoms with Gasteiger partial charge in [0.15, 0.2) is 0 Å². The van der Waals surface area contributed by atoms with Gasteiger partial charge in [-0.05, 0) is 55.3 Å². The van der Waals surface area contributed by atoms with Gasteiger partial charge in [-0.1, -0.05) is 30.3 Å². The molecule has 0 aliphatic carbocycles. The van der Waals surface area contributed by atoms with E-state index in [4.69, 9.17) is 4.74 Å². The van der Waals surface area contributed by atoms with E-state index in [1.54, 1.807) is 7.11 Å². The van der Waals surface area contributed by atoms with Crippen molar-refractivity contribution in [2.75, 3.05) is 63.1 Å². The first-order chi connectivity index (χ1) is 15.4. The molecular formula is C28H37N3O. The smallest absolute Gasteiger partial charge is 0.125 e. The fourth-order valence-electron chi connectivity index (χ4n) is 4.21. The Labute approximate surface area is 194 Å². The van der Waals surface area contributed by atoms with Crippen LogP contribution in [-0.2, 0) is 0 Å². The summed E-state index contributed by atoms with van der Waals surface area (Å²) in [5, 5.41) is 0. The summed E-state index contributed by atoms with van der Waals surface area (Å²) in [7, 11) is 10.1. The van der Waals surface area contributed by atoms with Gasteiger partial charge < -0.3 is 19.4 Å². The molecule has 0 aliphatic rings. The van der Waals surface area contributed by atoms with Crippen LogP contribution in [0.15, 0.2) is 66.7 Å². The van der Waals surface area contributed by atoms with Crippen LogP contribution < -0.4 is 19.4 Å². The number of methoxy groups -OCH3 is 1. The molecular weight excluding hydrogens is 394 g/mol. The van der Waals surface area contributed by atoms with E-state index in [9.17, 15) is 0 Å². The van der Waals surface area contributed by atoms with Crippen molar-refractivity contribution in [1.29, 1.82) is 0 Å². The molecule has 4 nitrogen and oxygen atoms in total. The molecule has 0 heterocycles. The zero-order chi connectivity index (χ0) is 23.3. The van der Waals surface area contributed by atoms with Crippen molar-refractivity contribution in [2.24, 2.45) is 0 Å². The average Bonchev–Trinajstić information content (AvgIpc) is 2.81. The van der Waals surface area contributed by atoms with Crippen molar-refractivity contribution in [1.82, 2.24) is 0 Å². The summed E-state index contributed by atoms with van der Waals surface area (Å²) in [6.45, 7) is 6.32. The molecule has 0 aliphatic heterocycles. The molecule has 0 saturated carbocycles. The number of ether oxygens (including phenoxy) is 1. The van der Waals surface area contributed by atoms with Crippen LogP contribution in [0, 0.1) is 0 Å². The summed E-state index contributed by atoms with van der Waals surface area (Å²) in [4.78, 5) is 6.60. The van der Waals surface area contributed by atoms with Gasteiger partial charge in [-0.25, -0.2) is 0 Å². The predicted octanol–water partition coefficient (Wildman–Crippen LogP) is 5.85. The summed E-state index contributed by atoms with van der Waals surface area (Å²) in [5.74, 6) is 1.01. The molecule has 170 valence electrons. The Kier molecular flexibility index (Phi) is 7.68. The Morgan fingerprint density at radius 3 is 1.47 bits per heavy atom. The van der Waals surface area contributed by atoms with Crippen LogP contribution in [0.3, 0.4) is 0 Å². The number of nitrogens with zero attached hydrogens (tertiary/aromatic N) is 3. The standard InChI is InChI=1S/C28H37N3O/c1-8-31(9-2)25-18-19-26(27(20-25)32-7)28(21-10-14-23(15-11-21)29(3)4)22-12-16-24(17-13-22)30(5)6/h10-20,28H,8-9H2,1-7H3. The second-order valence-corrected chi connectivity index (χ2v) is 8.50. The molecule has 0 saturated heterocycles. The van der Waals surface area contributed by atoms with Gasteiger partial charge >= 0.3 is 0 Å². The Balaban J connectivity index is 2.13. The molecule has 3 aromatic rings. The van der Waals surface area contributed by atoms with Crippen LogP contribution in [0.5, 0.6) is 5.75 Å². The van der Waals surface area contributed by atoms with Gasteiger partial charge in [0.2, 0.25) is 0 Å². The number of anilines is 3. The van der Waals surface area contributed by atoms with E-state index >= 15 is 0 Å². The molecule has 0 unspecified atom stereocenters. The molecule has 3 aromatic carbocycles. The minimum Gasteiger partial charge on any atom is -0.496 e. The van der Waals surface area contributed by atoms with Crippen molar-refractivity contribution in [2.45, 2.75) is 19.8 Å². The van der Waals surface area contributed by atoms with Crippen LogP contribution in [0.25, 0.3) is 0 Å². The molecule has 0 spiro atoms. The van der Waals surface area contributed by atoms with Crippen molar-refractivity contribution in [3.05, 3.63) is 83.4 Å². The third kappa shape index (κ3) is 5.01. The Hall–Kier alpha value is -3.14. The maximum Gasteiger partial charge on any atom is 0.125 e. The summed E-state index contributed by atoms with van der Waals surface area (Å²) in [5.41, 5.74) is 7.27. The van der Waals surface area contributed by atoms with Gasteiger partial charge in [0.05, 0.1) is 7.11 Å². The normalized spacial score (nSPS) is 10.9. The highest BCUT2D eigenvalue weighted by Crippen LogP contribution is 2.40. The number of benzene rings is 3. The van der Waals surface area contributed by atoms with Gasteiger partial charge in [0.25, 0.3) is 0 Å². The van der Waals surface area contributed by atoms with Crippen LogP contribution in [0.2, 0.25) is 0 Å². The highest BCUT2D eigenvalue weighted by Gasteiger charge is 2.22. The van der Waals surface area contributed by atoms with Gasteiger partial charge in [-0.15, -0.1) is 0 Å². The largest absolute Gasteiger partial charge is 0.496 e. The van der Waals surface area contributed by atoms with Crippen molar-refractivity contribution in [3.63, 3.8) is 0 Å². The van der Waals surface area contributed by atoms with Gasteiger partial charge in [0.1, 0.15) is 5.75 Å². The second-order valence-electron chi connectivity index (χ2n) is 8.50. The molecule has 4 heteroatoms. The van der Waals surface area contributed by atoms with Crippen molar-refractivity contribution >= 4 is 17.1 Å². The van der Waals surface area contributed by atoms with E-state index in [0.29, 0.717) is 0 Å². The molecule has 0 fully saturated rings. The summed E-state index contributed by atoms with van der Waals surface area (Å²) < 4.78 is 5.93. The monoisotopic (exact) mass is 431 g/mol. The van der Waals surface area contributed by atoms with E-state index in [0.717, 1.165) is 18.8 Å². The summed E-state index contributed by atoms with van der Waals surface area (Å²) in [6.07, 6.45) is 0. The molecule has 0 aromatic heterocycles. The van der Waals surface area contributed by atoms with Gasteiger partial charge in [-0.3, -0.25) is 0 Å². The topological polar surface area (TPSA) is 19.0 Å². The van der Waals surface area contributed by atoms with E-state index in [2.05, 4.69) is 123 Å². The fourth-order valence-corrected chi connectivity index (χ4v) is 4.21. The van der Waals surface area contributed by atoms with Crippen molar-refractivity contribution in [3.8, 4) is 5.75 Å². The minimum absolute atomic E-state index is 0.0862. The third-order valence-electron chi connectivity index (χ3n) is 6.14. The first-order valence-electron chi connectivity index (χ1n) is 11.4. The quantitative estimate of drug-likeness (QED) is 0.395. The molecule has 0 amide bonds.